The van der Waals surface area contributed by atoms with Crippen molar-refractivity contribution < 1.29 is 25.8 Å². The van der Waals surface area contributed by atoms with Crippen molar-refractivity contribution in [1.82, 2.24) is 19.3 Å². The van der Waals surface area contributed by atoms with Gasteiger partial charge in [-0.05, 0) is 98.5 Å². The van der Waals surface area contributed by atoms with Gasteiger partial charge in [0.1, 0.15) is 5.82 Å². The third-order valence-electron chi connectivity index (χ3n) is 11.0. The summed E-state index contributed by atoms with van der Waals surface area (Å²) in [4.78, 5) is 4.85. The number of ether oxygens (including phenoxy) is 1. The Morgan fingerprint density at radius 1 is 0.887 bits per heavy atom. The SMILES string of the molecule is CCCCc1ccnc(-n2c3[c-]c(Oc4[c-]c(-n5nc(C)c(C6C(C)=C[C@H](C)C[C@@H]6C)c5CCCC)cc(C(C)C)c4)ccc3c3ccccc32)c1.[Pt+2]. The molecule has 5 nitrogen and oxygen atoms in total. The van der Waals surface area contributed by atoms with Crippen molar-refractivity contribution in [3.8, 4) is 23.0 Å². The van der Waals surface area contributed by atoms with E-state index in [9.17, 15) is 0 Å². The van der Waals surface area contributed by atoms with Crippen LogP contribution in [-0.4, -0.2) is 19.3 Å². The molecule has 0 fully saturated rings. The van der Waals surface area contributed by atoms with Crippen LogP contribution in [0.25, 0.3) is 33.3 Å². The largest absolute Gasteiger partial charge is 2.00 e. The molecule has 0 spiro atoms. The van der Waals surface area contributed by atoms with Gasteiger partial charge in [0.15, 0.2) is 0 Å². The van der Waals surface area contributed by atoms with Gasteiger partial charge in [0.25, 0.3) is 0 Å². The summed E-state index contributed by atoms with van der Waals surface area (Å²) in [6, 6.07) is 28.8. The Balaban J connectivity index is 0.00000481. The fraction of sp³-hybridized carbons (Fsp3) is 0.404. The van der Waals surface area contributed by atoms with Crippen molar-refractivity contribution in [3.05, 3.63) is 119 Å². The molecule has 0 aliphatic heterocycles. The molecule has 6 aromatic rings. The van der Waals surface area contributed by atoms with E-state index < -0.39 is 0 Å². The monoisotopic (exact) mass is 885 g/mol. The molecular weight excluding hydrogens is 832 g/mol. The van der Waals surface area contributed by atoms with Crippen molar-refractivity contribution in [2.24, 2.45) is 11.8 Å². The Morgan fingerprint density at radius 3 is 2.42 bits per heavy atom. The second-order valence-electron chi connectivity index (χ2n) is 15.5. The zero-order chi connectivity index (χ0) is 36.5. The number of hydrogen-bond acceptors (Lipinski definition) is 3. The average molecular weight is 886 g/mol. The molecule has 1 unspecified atom stereocenters. The van der Waals surface area contributed by atoms with Gasteiger partial charge >= 0.3 is 21.1 Å². The van der Waals surface area contributed by atoms with Gasteiger partial charge in [0, 0.05) is 40.4 Å². The third kappa shape index (κ3) is 7.83. The van der Waals surface area contributed by atoms with E-state index in [1.54, 1.807) is 0 Å². The number of benzene rings is 3. The number of pyridine rings is 1. The van der Waals surface area contributed by atoms with E-state index in [0.717, 1.165) is 72.1 Å². The van der Waals surface area contributed by atoms with Crippen LogP contribution < -0.4 is 4.74 Å². The molecule has 0 amide bonds. The maximum absolute atomic E-state index is 6.73. The first-order valence-electron chi connectivity index (χ1n) is 19.6. The first-order valence-corrected chi connectivity index (χ1v) is 19.6. The van der Waals surface area contributed by atoms with Crippen molar-refractivity contribution in [3.63, 3.8) is 0 Å². The minimum atomic E-state index is 0. The predicted octanol–water partition coefficient (Wildman–Crippen LogP) is 12.6. The number of aromatic nitrogens is 4. The number of hydrogen-bond donors (Lipinski definition) is 0. The molecule has 1 aliphatic carbocycles. The van der Waals surface area contributed by atoms with Crippen molar-refractivity contribution in [1.29, 1.82) is 0 Å². The minimum absolute atomic E-state index is 0. The summed E-state index contributed by atoms with van der Waals surface area (Å²) in [7, 11) is 0. The number of unbranched alkanes of at least 4 members (excludes halogenated alkanes) is 2. The molecule has 0 N–H and O–H groups in total. The average Bonchev–Trinajstić information content (AvgIpc) is 3.63. The molecule has 0 radical (unpaired) electrons. The Labute approximate surface area is 331 Å². The number of nitrogens with zero attached hydrogens (tertiary/aromatic N) is 4. The maximum atomic E-state index is 6.73. The van der Waals surface area contributed by atoms with Crippen molar-refractivity contribution in [2.45, 2.75) is 112 Å². The molecule has 0 saturated heterocycles. The van der Waals surface area contributed by atoms with Gasteiger partial charge in [-0.25, -0.2) is 4.98 Å². The van der Waals surface area contributed by atoms with E-state index in [2.05, 4.69) is 137 Å². The summed E-state index contributed by atoms with van der Waals surface area (Å²) in [6.07, 6.45) is 12.2. The Hall–Kier alpha value is -3.95. The summed E-state index contributed by atoms with van der Waals surface area (Å²) >= 11 is 0. The summed E-state index contributed by atoms with van der Waals surface area (Å²) in [5.74, 6) is 4.09. The molecule has 6 heteroatoms. The molecule has 1 aliphatic rings. The molecule has 3 aromatic heterocycles. The molecule has 3 atom stereocenters. The second kappa shape index (κ2) is 16.6. The molecule has 7 rings (SSSR count). The summed E-state index contributed by atoms with van der Waals surface area (Å²) < 4.78 is 11.1. The Morgan fingerprint density at radius 2 is 1.66 bits per heavy atom. The third-order valence-corrected chi connectivity index (χ3v) is 11.0. The van der Waals surface area contributed by atoms with Crippen LogP contribution in [0.5, 0.6) is 11.5 Å². The number of allylic oxidation sites excluding steroid dienone is 2. The topological polar surface area (TPSA) is 44.9 Å². The summed E-state index contributed by atoms with van der Waals surface area (Å²) in [6.45, 7) is 18.2. The zero-order valence-corrected chi connectivity index (χ0v) is 35.0. The molecule has 0 saturated carbocycles. The normalized spacial score (nSPS) is 17.4. The van der Waals surface area contributed by atoms with Gasteiger partial charge in [0.05, 0.1) is 5.69 Å². The van der Waals surface area contributed by atoms with E-state index in [1.165, 1.54) is 39.8 Å². The maximum Gasteiger partial charge on any atom is 2.00 e. The van der Waals surface area contributed by atoms with E-state index >= 15 is 0 Å². The van der Waals surface area contributed by atoms with Crippen molar-refractivity contribution >= 4 is 21.8 Å². The number of fused-ring (bicyclic) bond motifs is 3. The molecule has 278 valence electrons. The van der Waals surface area contributed by atoms with Gasteiger partial charge in [0.2, 0.25) is 0 Å². The van der Waals surface area contributed by atoms with Gasteiger partial charge in [-0.3, -0.25) is 4.68 Å². The fourth-order valence-electron chi connectivity index (χ4n) is 8.54. The van der Waals surface area contributed by atoms with Gasteiger partial charge in [-0.2, -0.15) is 11.2 Å². The predicted molar refractivity (Wildman–Crippen MR) is 215 cm³/mol. The standard InChI is InChI=1S/C47H54N4O.Pt/c1-9-11-15-35-21-22-48-45(25-35)50-42-18-14-13-16-40(42)41-20-19-38(29-44(41)50)52-39-27-36(30(3)4)26-37(28-39)51-43(17-12-10-2)47(34(8)49-51)46-32(6)23-31(5)24-33(46)7;/h13-14,16,18-23,25-27,30-31,33,46H,9-12,15,17,24H2,1-8H3;/q-2;+2/t31-,33-,46?;/m0./s1. The van der Waals surface area contributed by atoms with Gasteiger partial charge in [-0.15, -0.1) is 41.3 Å². The molecular formula is C47H54N4OPt. The van der Waals surface area contributed by atoms with Crippen LogP contribution in [-0.2, 0) is 33.9 Å². The van der Waals surface area contributed by atoms with Crippen LogP contribution in [0.1, 0.15) is 120 Å². The number of para-hydroxylation sites is 1. The summed E-state index contributed by atoms with van der Waals surface area (Å²) in [5.41, 5.74) is 10.8. The minimum Gasteiger partial charge on any atom is -0.509 e. The molecule has 53 heavy (non-hydrogen) atoms. The van der Waals surface area contributed by atoms with Crippen LogP contribution in [0, 0.1) is 30.9 Å². The molecule has 0 bridgehead atoms. The number of rotatable bonds is 12. The first kappa shape index (κ1) is 38.8. The van der Waals surface area contributed by atoms with Crippen LogP contribution in [0.15, 0.2) is 78.5 Å². The van der Waals surface area contributed by atoms with Crippen molar-refractivity contribution in [2.75, 3.05) is 0 Å². The van der Waals surface area contributed by atoms with E-state index in [-0.39, 0.29) is 21.1 Å². The van der Waals surface area contributed by atoms with E-state index in [4.69, 9.17) is 14.8 Å². The van der Waals surface area contributed by atoms with Crippen LogP contribution in [0.4, 0.5) is 0 Å². The smallest absolute Gasteiger partial charge is 0.509 e. The van der Waals surface area contributed by atoms with E-state index in [0.29, 0.717) is 35.2 Å². The van der Waals surface area contributed by atoms with Crippen LogP contribution in [0.2, 0.25) is 0 Å². The quantitative estimate of drug-likeness (QED) is 0.0908. The van der Waals surface area contributed by atoms with Crippen LogP contribution in [0.3, 0.4) is 0 Å². The second-order valence-corrected chi connectivity index (χ2v) is 15.5. The fourth-order valence-corrected chi connectivity index (χ4v) is 8.54. The first-order chi connectivity index (χ1) is 25.2. The van der Waals surface area contributed by atoms with Gasteiger partial charge in [-0.1, -0.05) is 89.7 Å². The number of aryl methyl sites for hydroxylation is 2. The van der Waals surface area contributed by atoms with Crippen LogP contribution >= 0.6 is 0 Å². The molecule has 3 aromatic carbocycles. The molecule has 3 heterocycles. The van der Waals surface area contributed by atoms with Gasteiger partial charge < -0.3 is 9.30 Å². The van der Waals surface area contributed by atoms with E-state index in [1.807, 2.05) is 12.3 Å². The zero-order valence-electron chi connectivity index (χ0n) is 32.7. The summed E-state index contributed by atoms with van der Waals surface area (Å²) in [5, 5.41) is 7.57. The Bertz CT molecular complexity index is 2240. The Kier molecular flexibility index (Phi) is 12.1.